The number of amides is 1. The summed E-state index contributed by atoms with van der Waals surface area (Å²) in [7, 11) is 0. The minimum atomic E-state index is -4.96. The number of aromatic nitrogens is 2. The van der Waals surface area contributed by atoms with E-state index in [4.69, 9.17) is 0 Å². The number of rotatable bonds is 5. The van der Waals surface area contributed by atoms with Crippen molar-refractivity contribution in [2.45, 2.75) is 25.7 Å². The van der Waals surface area contributed by atoms with Crippen molar-refractivity contribution in [3.63, 3.8) is 0 Å². The molecule has 0 saturated heterocycles. The lowest BCUT2D eigenvalue weighted by molar-refractivity contribution is -0.388. The van der Waals surface area contributed by atoms with Crippen molar-refractivity contribution in [3.8, 4) is 0 Å². The zero-order valence-electron chi connectivity index (χ0n) is 11.7. The molecule has 1 amide bonds. The average Bonchev–Trinajstić information content (AvgIpc) is 3.06. The molecule has 2 heterocycles. The Bertz CT molecular complexity index is 712. The Balaban J connectivity index is 2.11. The molecule has 0 saturated carbocycles. The highest BCUT2D eigenvalue weighted by molar-refractivity contribution is 7.10. The average molecular weight is 348 g/mol. The third kappa shape index (κ3) is 4.06. The van der Waals surface area contributed by atoms with Crippen molar-refractivity contribution in [1.29, 1.82) is 0 Å². The lowest BCUT2D eigenvalue weighted by atomic mass is 10.3. The molecule has 0 aliphatic rings. The van der Waals surface area contributed by atoms with Gasteiger partial charge in [0, 0.05) is 4.88 Å². The van der Waals surface area contributed by atoms with Gasteiger partial charge in [0.2, 0.25) is 11.6 Å². The standard InChI is InChI=1S/C12H11F3N4O3S/c1-7(9-3-2-4-23-9)16-10(20)6-18-5-8(19(21)22)11(17-18)12(13,14)15/h2-5,7H,6H2,1H3,(H,16,20)/t7-/m0/s1. The third-order valence-corrected chi connectivity index (χ3v) is 3.92. The molecule has 0 aliphatic heterocycles. The Morgan fingerprint density at radius 1 is 1.57 bits per heavy atom. The number of alkyl halides is 3. The Morgan fingerprint density at radius 3 is 2.74 bits per heavy atom. The number of nitrogens with zero attached hydrogens (tertiary/aromatic N) is 3. The van der Waals surface area contributed by atoms with Gasteiger partial charge < -0.3 is 5.32 Å². The molecule has 0 bridgehead atoms. The minimum Gasteiger partial charge on any atom is -0.347 e. The highest BCUT2D eigenvalue weighted by atomic mass is 32.1. The topological polar surface area (TPSA) is 90.1 Å². The van der Waals surface area contributed by atoms with Crippen molar-refractivity contribution in [2.75, 3.05) is 0 Å². The van der Waals surface area contributed by atoms with Gasteiger partial charge in [-0.05, 0) is 18.4 Å². The second-order valence-corrected chi connectivity index (χ2v) is 5.60. The molecular weight excluding hydrogens is 337 g/mol. The predicted molar refractivity (Wildman–Crippen MR) is 74.8 cm³/mol. The number of nitro groups is 1. The van der Waals surface area contributed by atoms with Crippen LogP contribution < -0.4 is 5.32 Å². The van der Waals surface area contributed by atoms with E-state index in [9.17, 15) is 28.1 Å². The zero-order valence-corrected chi connectivity index (χ0v) is 12.5. The maximum absolute atomic E-state index is 12.7. The molecule has 0 fully saturated rings. The summed E-state index contributed by atoms with van der Waals surface area (Å²) in [5, 5.41) is 18.2. The van der Waals surface area contributed by atoms with Crippen LogP contribution in [0.15, 0.2) is 23.7 Å². The molecule has 0 radical (unpaired) electrons. The lowest BCUT2D eigenvalue weighted by Crippen LogP contribution is -2.30. The fraction of sp³-hybridized carbons (Fsp3) is 0.333. The molecule has 0 unspecified atom stereocenters. The number of thiophene rings is 1. The van der Waals surface area contributed by atoms with E-state index in [2.05, 4.69) is 10.4 Å². The molecule has 0 aliphatic carbocycles. The second-order valence-electron chi connectivity index (χ2n) is 4.62. The first-order valence-electron chi connectivity index (χ1n) is 6.30. The second kappa shape index (κ2) is 6.36. The van der Waals surface area contributed by atoms with Crippen LogP contribution in [0.25, 0.3) is 0 Å². The smallest absolute Gasteiger partial charge is 0.347 e. The van der Waals surface area contributed by atoms with Crippen molar-refractivity contribution in [3.05, 3.63) is 44.4 Å². The third-order valence-electron chi connectivity index (χ3n) is 2.86. The van der Waals surface area contributed by atoms with E-state index >= 15 is 0 Å². The van der Waals surface area contributed by atoms with Crippen LogP contribution in [0.2, 0.25) is 0 Å². The number of nitrogens with one attached hydrogen (secondary N) is 1. The summed E-state index contributed by atoms with van der Waals surface area (Å²) in [5.41, 5.74) is -2.81. The first kappa shape index (κ1) is 16.9. The van der Waals surface area contributed by atoms with Crippen molar-refractivity contribution in [1.82, 2.24) is 15.1 Å². The molecule has 2 aromatic heterocycles. The van der Waals surface area contributed by atoms with E-state index in [-0.39, 0.29) is 6.04 Å². The summed E-state index contributed by atoms with van der Waals surface area (Å²) < 4.78 is 38.6. The summed E-state index contributed by atoms with van der Waals surface area (Å²) in [6.45, 7) is 1.17. The van der Waals surface area contributed by atoms with Crippen LogP contribution >= 0.6 is 11.3 Å². The lowest BCUT2D eigenvalue weighted by Gasteiger charge is -2.12. The molecule has 2 aromatic rings. The van der Waals surface area contributed by atoms with E-state index in [0.717, 1.165) is 4.88 Å². The van der Waals surface area contributed by atoms with E-state index in [1.165, 1.54) is 11.3 Å². The summed E-state index contributed by atoms with van der Waals surface area (Å²) in [4.78, 5) is 22.2. The maximum Gasteiger partial charge on any atom is 0.442 e. The molecule has 124 valence electrons. The molecular formula is C12H11F3N4O3S. The maximum atomic E-state index is 12.7. The number of hydrogen-bond donors (Lipinski definition) is 1. The molecule has 0 spiro atoms. The van der Waals surface area contributed by atoms with Crippen molar-refractivity contribution >= 4 is 22.9 Å². The van der Waals surface area contributed by atoms with Gasteiger partial charge in [-0.1, -0.05) is 6.07 Å². The quantitative estimate of drug-likeness (QED) is 0.664. The van der Waals surface area contributed by atoms with Gasteiger partial charge in [0.05, 0.1) is 11.0 Å². The molecule has 1 N–H and O–H groups in total. The van der Waals surface area contributed by atoms with Gasteiger partial charge in [0.15, 0.2) is 0 Å². The molecule has 11 heteroatoms. The molecule has 2 rings (SSSR count). The van der Waals surface area contributed by atoms with Crippen molar-refractivity contribution in [2.24, 2.45) is 0 Å². The SMILES string of the molecule is C[C@H](NC(=O)Cn1cc([N+](=O)[O-])c(C(F)(F)F)n1)c1cccs1. The van der Waals surface area contributed by atoms with Gasteiger partial charge in [0.25, 0.3) is 0 Å². The zero-order chi connectivity index (χ0) is 17.2. The summed E-state index contributed by atoms with van der Waals surface area (Å²) in [6.07, 6.45) is -4.37. The molecule has 0 aromatic carbocycles. The number of hydrogen-bond acceptors (Lipinski definition) is 5. The fourth-order valence-electron chi connectivity index (χ4n) is 1.87. The van der Waals surface area contributed by atoms with Gasteiger partial charge in [0.1, 0.15) is 12.7 Å². The Kier molecular flexibility index (Phi) is 4.68. The monoisotopic (exact) mass is 348 g/mol. The van der Waals surface area contributed by atoms with Gasteiger partial charge in [-0.3, -0.25) is 19.6 Å². The molecule has 23 heavy (non-hydrogen) atoms. The van der Waals surface area contributed by atoms with Crippen LogP contribution in [-0.4, -0.2) is 20.6 Å². The van der Waals surface area contributed by atoms with E-state index in [0.29, 0.717) is 10.9 Å². The molecule has 1 atom stereocenters. The van der Waals surface area contributed by atoms with Crippen molar-refractivity contribution < 1.29 is 22.9 Å². The minimum absolute atomic E-state index is 0.324. The summed E-state index contributed by atoms with van der Waals surface area (Å²) in [6, 6.07) is 3.28. The van der Waals surface area contributed by atoms with Crippen LogP contribution in [0.1, 0.15) is 23.5 Å². The predicted octanol–water partition coefficient (Wildman–Crippen LogP) is 2.75. The van der Waals surface area contributed by atoms with E-state index < -0.39 is 34.9 Å². The number of carbonyl (C=O) groups excluding carboxylic acids is 1. The van der Waals surface area contributed by atoms with Crippen LogP contribution in [0, 0.1) is 10.1 Å². The fourth-order valence-corrected chi connectivity index (χ4v) is 2.60. The Labute approximate surface area is 131 Å². The Hall–Kier alpha value is -2.43. The van der Waals surface area contributed by atoms with E-state index in [1.807, 2.05) is 5.38 Å². The van der Waals surface area contributed by atoms with Gasteiger partial charge in [-0.15, -0.1) is 11.3 Å². The largest absolute Gasteiger partial charge is 0.442 e. The first-order valence-corrected chi connectivity index (χ1v) is 7.18. The van der Waals surface area contributed by atoms with Crippen LogP contribution in [0.5, 0.6) is 0 Å². The highest BCUT2D eigenvalue weighted by Crippen LogP contribution is 2.34. The summed E-state index contributed by atoms with van der Waals surface area (Å²) in [5.74, 6) is -0.600. The van der Waals surface area contributed by atoms with Crippen LogP contribution in [0.4, 0.5) is 18.9 Å². The number of carbonyl (C=O) groups is 1. The summed E-state index contributed by atoms with van der Waals surface area (Å²) >= 11 is 1.42. The Morgan fingerprint density at radius 2 is 2.26 bits per heavy atom. The van der Waals surface area contributed by atoms with Gasteiger partial charge >= 0.3 is 11.9 Å². The normalized spacial score (nSPS) is 12.9. The van der Waals surface area contributed by atoms with Crippen LogP contribution in [0.3, 0.4) is 0 Å². The number of halogens is 3. The molecule has 7 nitrogen and oxygen atoms in total. The van der Waals surface area contributed by atoms with E-state index in [1.54, 1.807) is 19.1 Å². The van der Waals surface area contributed by atoms with Crippen LogP contribution in [-0.2, 0) is 17.5 Å². The van der Waals surface area contributed by atoms with Gasteiger partial charge in [-0.2, -0.15) is 18.3 Å². The first-order chi connectivity index (χ1) is 10.7. The highest BCUT2D eigenvalue weighted by Gasteiger charge is 2.42. The van der Waals surface area contributed by atoms with Gasteiger partial charge in [-0.25, -0.2) is 0 Å².